The molecule has 0 aliphatic heterocycles. The van der Waals surface area contributed by atoms with Crippen molar-refractivity contribution in [1.29, 1.82) is 0 Å². The first-order valence-corrected chi connectivity index (χ1v) is 6.96. The van der Waals surface area contributed by atoms with Crippen LogP contribution in [-0.4, -0.2) is 33.9 Å². The van der Waals surface area contributed by atoms with Crippen molar-refractivity contribution in [2.45, 2.75) is 45.6 Å². The normalized spacial score (nSPS) is 12.8. The summed E-state index contributed by atoms with van der Waals surface area (Å²) in [5.41, 5.74) is 1.28. The van der Waals surface area contributed by atoms with Crippen LogP contribution in [0, 0.1) is 0 Å². The van der Waals surface area contributed by atoms with Gasteiger partial charge in [0.05, 0.1) is 10.2 Å². The fourth-order valence-corrected chi connectivity index (χ4v) is 2.48. The number of hydrogen-bond acceptors (Lipinski definition) is 3. The first kappa shape index (κ1) is 15.2. The Morgan fingerprint density at radius 3 is 2.67 bits per heavy atom. The molecule has 18 heavy (non-hydrogen) atoms. The topological polar surface area (TPSA) is 78.0 Å². The molecule has 1 atom stereocenters. The summed E-state index contributed by atoms with van der Waals surface area (Å²) in [4.78, 5) is 12.0. The van der Waals surface area contributed by atoms with Gasteiger partial charge in [0.1, 0.15) is 0 Å². The highest BCUT2D eigenvalue weighted by molar-refractivity contribution is 9.10. The van der Waals surface area contributed by atoms with Crippen molar-refractivity contribution in [3.05, 3.63) is 15.9 Å². The molecule has 0 saturated carbocycles. The molecule has 102 valence electrons. The zero-order chi connectivity index (χ0) is 13.7. The first-order valence-electron chi connectivity index (χ1n) is 6.16. The van der Waals surface area contributed by atoms with Gasteiger partial charge in [0, 0.05) is 12.6 Å². The molecule has 6 heteroatoms. The number of amides is 1. The van der Waals surface area contributed by atoms with E-state index in [1.54, 1.807) is 0 Å². The summed E-state index contributed by atoms with van der Waals surface area (Å²) in [6.45, 7) is 6.10. The standard InChI is InChI=1S/C12H20BrN3O2/c1-4-8(5-6-17)14-12(18)11-9(13)10(7(2)3)15-16-11/h7-8,17H,4-6H2,1-3H3,(H,14,18)(H,15,16). The molecule has 0 radical (unpaired) electrons. The van der Waals surface area contributed by atoms with Gasteiger partial charge in [0.2, 0.25) is 0 Å². The highest BCUT2D eigenvalue weighted by atomic mass is 79.9. The lowest BCUT2D eigenvalue weighted by Gasteiger charge is -2.14. The minimum absolute atomic E-state index is 0.0198. The highest BCUT2D eigenvalue weighted by Crippen LogP contribution is 2.25. The van der Waals surface area contributed by atoms with Gasteiger partial charge in [-0.15, -0.1) is 0 Å². The van der Waals surface area contributed by atoms with Crippen molar-refractivity contribution in [1.82, 2.24) is 15.5 Å². The molecule has 1 rings (SSSR count). The second-order valence-corrected chi connectivity index (χ2v) is 5.34. The lowest BCUT2D eigenvalue weighted by Crippen LogP contribution is -2.35. The third kappa shape index (κ3) is 3.55. The maximum Gasteiger partial charge on any atom is 0.273 e. The lowest BCUT2D eigenvalue weighted by atomic mass is 10.1. The fourth-order valence-electron chi connectivity index (χ4n) is 1.66. The molecular formula is C12H20BrN3O2. The summed E-state index contributed by atoms with van der Waals surface area (Å²) in [5, 5.41) is 18.7. The molecule has 3 N–H and O–H groups in total. The molecule has 5 nitrogen and oxygen atoms in total. The van der Waals surface area contributed by atoms with Gasteiger partial charge >= 0.3 is 0 Å². The third-order valence-electron chi connectivity index (χ3n) is 2.83. The van der Waals surface area contributed by atoms with Crippen molar-refractivity contribution in [2.75, 3.05) is 6.61 Å². The van der Waals surface area contributed by atoms with Crippen LogP contribution < -0.4 is 5.32 Å². The van der Waals surface area contributed by atoms with E-state index in [-0.39, 0.29) is 24.5 Å². The lowest BCUT2D eigenvalue weighted by molar-refractivity contribution is 0.0923. The molecule has 1 unspecified atom stereocenters. The van der Waals surface area contributed by atoms with E-state index in [0.717, 1.165) is 12.1 Å². The van der Waals surface area contributed by atoms with E-state index in [2.05, 4.69) is 31.4 Å². The Labute approximate surface area is 115 Å². The molecule has 0 fully saturated rings. The third-order valence-corrected chi connectivity index (χ3v) is 3.63. The summed E-state index contributed by atoms with van der Waals surface area (Å²) in [6.07, 6.45) is 1.34. The number of aliphatic hydroxyl groups excluding tert-OH is 1. The van der Waals surface area contributed by atoms with Gasteiger partial charge in [-0.2, -0.15) is 5.10 Å². The van der Waals surface area contributed by atoms with Gasteiger partial charge in [0.15, 0.2) is 5.69 Å². The Bertz CT molecular complexity index is 404. The van der Waals surface area contributed by atoms with E-state index in [4.69, 9.17) is 5.11 Å². The number of carbonyl (C=O) groups is 1. The SMILES string of the molecule is CCC(CCO)NC(=O)c1n[nH]c(C(C)C)c1Br. The van der Waals surface area contributed by atoms with Crippen molar-refractivity contribution in [3.8, 4) is 0 Å². The predicted molar refractivity (Wildman–Crippen MR) is 73.6 cm³/mol. The number of halogens is 1. The fraction of sp³-hybridized carbons (Fsp3) is 0.667. The van der Waals surface area contributed by atoms with Crippen LogP contribution in [0.15, 0.2) is 4.47 Å². The van der Waals surface area contributed by atoms with Crippen LogP contribution in [0.4, 0.5) is 0 Å². The van der Waals surface area contributed by atoms with Crippen LogP contribution in [0.1, 0.15) is 55.7 Å². The Morgan fingerprint density at radius 2 is 2.22 bits per heavy atom. The van der Waals surface area contributed by atoms with Crippen LogP contribution in [0.3, 0.4) is 0 Å². The second kappa shape index (κ2) is 6.89. The van der Waals surface area contributed by atoms with E-state index in [0.29, 0.717) is 16.6 Å². The average molecular weight is 318 g/mol. The quantitative estimate of drug-likeness (QED) is 0.752. The van der Waals surface area contributed by atoms with Gasteiger partial charge in [-0.25, -0.2) is 0 Å². The van der Waals surface area contributed by atoms with Gasteiger partial charge in [0.25, 0.3) is 5.91 Å². The van der Waals surface area contributed by atoms with Crippen LogP contribution in [-0.2, 0) is 0 Å². The number of aromatic amines is 1. The number of aliphatic hydroxyl groups is 1. The van der Waals surface area contributed by atoms with Gasteiger partial charge in [-0.05, 0) is 34.7 Å². The summed E-state index contributed by atoms with van der Waals surface area (Å²) in [7, 11) is 0. The molecule has 0 spiro atoms. The minimum Gasteiger partial charge on any atom is -0.396 e. The average Bonchev–Trinajstić information content (AvgIpc) is 2.70. The maximum absolute atomic E-state index is 12.0. The predicted octanol–water partition coefficient (Wildman–Crippen LogP) is 2.19. The maximum atomic E-state index is 12.0. The zero-order valence-corrected chi connectivity index (χ0v) is 12.5. The molecule has 1 amide bonds. The highest BCUT2D eigenvalue weighted by Gasteiger charge is 2.20. The number of nitrogens with zero attached hydrogens (tertiary/aromatic N) is 1. The number of hydrogen-bond donors (Lipinski definition) is 3. The largest absolute Gasteiger partial charge is 0.396 e. The van der Waals surface area contributed by atoms with E-state index in [1.165, 1.54) is 0 Å². The summed E-state index contributed by atoms with van der Waals surface area (Å²) >= 11 is 3.40. The van der Waals surface area contributed by atoms with Crippen LogP contribution in [0.5, 0.6) is 0 Å². The molecule has 0 aromatic carbocycles. The number of nitrogens with one attached hydrogen (secondary N) is 2. The van der Waals surface area contributed by atoms with Gasteiger partial charge in [-0.3, -0.25) is 9.89 Å². The molecule has 1 aromatic heterocycles. The molecular weight excluding hydrogens is 298 g/mol. The molecule has 1 heterocycles. The van der Waals surface area contributed by atoms with E-state index in [9.17, 15) is 4.79 Å². The molecule has 0 bridgehead atoms. The van der Waals surface area contributed by atoms with E-state index in [1.807, 2.05) is 20.8 Å². The Kier molecular flexibility index (Phi) is 5.81. The van der Waals surface area contributed by atoms with Crippen molar-refractivity contribution >= 4 is 21.8 Å². The number of aromatic nitrogens is 2. The monoisotopic (exact) mass is 317 g/mol. The Hall–Kier alpha value is -0.880. The molecule has 0 aliphatic carbocycles. The zero-order valence-electron chi connectivity index (χ0n) is 11.0. The molecule has 1 aromatic rings. The Balaban J connectivity index is 2.78. The van der Waals surface area contributed by atoms with E-state index >= 15 is 0 Å². The van der Waals surface area contributed by atoms with Crippen molar-refractivity contribution in [3.63, 3.8) is 0 Å². The number of rotatable bonds is 6. The minimum atomic E-state index is -0.217. The number of carbonyl (C=O) groups excluding carboxylic acids is 1. The Morgan fingerprint density at radius 1 is 1.56 bits per heavy atom. The second-order valence-electron chi connectivity index (χ2n) is 4.55. The van der Waals surface area contributed by atoms with E-state index < -0.39 is 0 Å². The van der Waals surface area contributed by atoms with Crippen LogP contribution in [0.2, 0.25) is 0 Å². The summed E-state index contributed by atoms with van der Waals surface area (Å²) in [5.74, 6) is 0.0539. The van der Waals surface area contributed by atoms with Crippen LogP contribution in [0.25, 0.3) is 0 Å². The molecule has 0 aliphatic rings. The van der Waals surface area contributed by atoms with Gasteiger partial charge < -0.3 is 10.4 Å². The molecule has 0 saturated heterocycles. The number of H-pyrrole nitrogens is 1. The van der Waals surface area contributed by atoms with Crippen molar-refractivity contribution in [2.24, 2.45) is 0 Å². The summed E-state index contributed by atoms with van der Waals surface area (Å²) < 4.78 is 0.717. The van der Waals surface area contributed by atoms with Gasteiger partial charge in [-0.1, -0.05) is 20.8 Å². The van der Waals surface area contributed by atoms with Crippen LogP contribution >= 0.6 is 15.9 Å². The summed E-state index contributed by atoms with van der Waals surface area (Å²) in [6, 6.07) is -0.0198. The smallest absolute Gasteiger partial charge is 0.273 e. The van der Waals surface area contributed by atoms with Crippen molar-refractivity contribution < 1.29 is 9.90 Å². The first-order chi connectivity index (χ1) is 8.51.